The van der Waals surface area contributed by atoms with Crippen molar-refractivity contribution in [3.8, 4) is 0 Å². The third-order valence-corrected chi connectivity index (χ3v) is 11.0. The van der Waals surface area contributed by atoms with E-state index >= 15 is 0 Å². The van der Waals surface area contributed by atoms with Gasteiger partial charge in [0.15, 0.2) is 0 Å². The molecule has 4 heteroatoms. The molecule has 4 aromatic rings. The van der Waals surface area contributed by atoms with Crippen LogP contribution < -0.4 is 8.92 Å². The number of benzene rings is 4. The van der Waals surface area contributed by atoms with Crippen LogP contribution in [0.5, 0.6) is 0 Å². The van der Waals surface area contributed by atoms with Crippen molar-refractivity contribution in [1.82, 2.24) is 0 Å². The maximum atomic E-state index is 14.2. The molecule has 0 saturated carbocycles. The van der Waals surface area contributed by atoms with Gasteiger partial charge >= 0.3 is 150 Å². The summed E-state index contributed by atoms with van der Waals surface area (Å²) in [5.41, 5.74) is 0. The zero-order valence-electron chi connectivity index (χ0n) is 12.5. The van der Waals surface area contributed by atoms with Gasteiger partial charge in [-0.15, -0.1) is 0 Å². The minimum atomic E-state index is -0.176. The third kappa shape index (κ3) is 2.87. The molecule has 0 saturated heterocycles. The van der Waals surface area contributed by atoms with Crippen LogP contribution in [0.4, 0.5) is 8.78 Å². The predicted octanol–water partition coefficient (Wildman–Crippen LogP) is 3.55. The van der Waals surface area contributed by atoms with E-state index in [1.54, 1.807) is 12.1 Å². The molecule has 0 amide bonds. The van der Waals surface area contributed by atoms with Gasteiger partial charge in [-0.1, -0.05) is 0 Å². The van der Waals surface area contributed by atoms with Crippen LogP contribution in [0.3, 0.4) is 0 Å². The summed E-state index contributed by atoms with van der Waals surface area (Å²) < 4.78 is 30.6. The Kier molecular flexibility index (Phi) is 4.39. The number of hydrogen-bond donors (Lipinski definition) is 0. The molecule has 0 spiro atoms. The first kappa shape index (κ1) is 15.8. The molecule has 0 fully saturated rings. The number of rotatable bonds is 3. The standard InChI is InChI=1S/C20H12F2Se2/c21-15-9-1-5-13-7-3-11-17(19(13)15)23-24-18-12-4-8-14-6-2-10-16(22)20(14)18/h1-12H. The van der Waals surface area contributed by atoms with Crippen molar-refractivity contribution in [3.05, 3.63) is 84.4 Å². The molecule has 0 unspecified atom stereocenters. The van der Waals surface area contributed by atoms with Gasteiger partial charge in [0.1, 0.15) is 0 Å². The molecule has 24 heavy (non-hydrogen) atoms. The van der Waals surface area contributed by atoms with E-state index in [0.29, 0.717) is 10.8 Å². The molecule has 0 aromatic heterocycles. The fourth-order valence-electron chi connectivity index (χ4n) is 2.75. The van der Waals surface area contributed by atoms with Gasteiger partial charge in [0.05, 0.1) is 0 Å². The van der Waals surface area contributed by atoms with Crippen molar-refractivity contribution in [2.75, 3.05) is 0 Å². The Morgan fingerprint density at radius 1 is 0.500 bits per heavy atom. The molecule has 4 aromatic carbocycles. The fraction of sp³-hybridized carbons (Fsp3) is 0. The average molecular weight is 448 g/mol. The molecule has 0 N–H and O–H groups in total. The van der Waals surface area contributed by atoms with E-state index in [9.17, 15) is 8.78 Å². The van der Waals surface area contributed by atoms with E-state index in [2.05, 4.69) is 0 Å². The molecule has 4 rings (SSSR count). The van der Waals surface area contributed by atoms with Gasteiger partial charge in [-0.3, -0.25) is 0 Å². The normalized spacial score (nSPS) is 11.2. The Morgan fingerprint density at radius 3 is 1.29 bits per heavy atom. The van der Waals surface area contributed by atoms with Crippen LogP contribution in [0.2, 0.25) is 0 Å². The van der Waals surface area contributed by atoms with Gasteiger partial charge in [0.25, 0.3) is 0 Å². The van der Waals surface area contributed by atoms with E-state index in [1.807, 2.05) is 48.5 Å². The molecule has 0 aliphatic carbocycles. The summed E-state index contributed by atoms with van der Waals surface area (Å²) in [7, 11) is 0. The molecule has 0 atom stereocenters. The first-order valence-electron chi connectivity index (χ1n) is 7.43. The average Bonchev–Trinajstić information content (AvgIpc) is 2.60. The van der Waals surface area contributed by atoms with Gasteiger partial charge in [-0.05, 0) is 0 Å². The molecular formula is C20H12F2Se2. The SMILES string of the molecule is Fc1cccc2cccc([Se][Se]c3cccc4cccc(F)c34)c12. The summed E-state index contributed by atoms with van der Waals surface area (Å²) in [6.07, 6.45) is 0. The molecule has 0 bridgehead atoms. The van der Waals surface area contributed by atoms with Crippen LogP contribution in [-0.2, 0) is 0 Å². The van der Waals surface area contributed by atoms with Crippen molar-refractivity contribution < 1.29 is 8.78 Å². The number of hydrogen-bond acceptors (Lipinski definition) is 0. The summed E-state index contributed by atoms with van der Waals surface area (Å²) >= 11 is 0.177. The van der Waals surface area contributed by atoms with Crippen LogP contribution in [0.1, 0.15) is 0 Å². The second-order valence-electron chi connectivity index (χ2n) is 5.35. The van der Waals surface area contributed by atoms with Gasteiger partial charge in [0, 0.05) is 0 Å². The van der Waals surface area contributed by atoms with Crippen LogP contribution in [0.25, 0.3) is 21.5 Å². The van der Waals surface area contributed by atoms with Gasteiger partial charge in [-0.2, -0.15) is 0 Å². The second kappa shape index (κ2) is 6.66. The Bertz CT molecular complexity index is 948. The zero-order valence-corrected chi connectivity index (χ0v) is 15.9. The van der Waals surface area contributed by atoms with Crippen LogP contribution >= 0.6 is 0 Å². The van der Waals surface area contributed by atoms with Crippen LogP contribution in [0, 0.1) is 11.6 Å². The molecule has 0 aliphatic rings. The molecule has 0 aliphatic heterocycles. The molecule has 0 nitrogen and oxygen atoms in total. The fourth-order valence-corrected chi connectivity index (χ4v) is 9.93. The monoisotopic (exact) mass is 450 g/mol. The van der Waals surface area contributed by atoms with Crippen LogP contribution in [0.15, 0.2) is 72.8 Å². The summed E-state index contributed by atoms with van der Waals surface area (Å²) in [5.74, 6) is -0.352. The zero-order chi connectivity index (χ0) is 16.5. The van der Waals surface area contributed by atoms with Crippen molar-refractivity contribution >= 4 is 56.7 Å². The summed E-state index contributed by atoms with van der Waals surface area (Å²) in [4.78, 5) is 0. The van der Waals surface area contributed by atoms with E-state index in [1.165, 1.54) is 12.1 Å². The summed E-state index contributed by atoms with van der Waals surface area (Å²) in [6.45, 7) is 0. The Balaban J connectivity index is 1.74. The van der Waals surface area contributed by atoms with Crippen molar-refractivity contribution in [1.29, 1.82) is 0 Å². The summed E-state index contributed by atoms with van der Waals surface area (Å²) in [6, 6.07) is 22.1. The van der Waals surface area contributed by atoms with E-state index < -0.39 is 0 Å². The molecular weight excluding hydrogens is 436 g/mol. The Labute approximate surface area is 149 Å². The van der Waals surface area contributed by atoms with E-state index in [4.69, 9.17) is 0 Å². The van der Waals surface area contributed by atoms with Gasteiger partial charge < -0.3 is 0 Å². The number of halogens is 2. The van der Waals surface area contributed by atoms with Gasteiger partial charge in [-0.25, -0.2) is 0 Å². The Hall–Kier alpha value is -1.70. The van der Waals surface area contributed by atoms with E-state index in [-0.39, 0.29) is 37.9 Å². The second-order valence-corrected chi connectivity index (χ2v) is 11.5. The van der Waals surface area contributed by atoms with Crippen LogP contribution in [-0.4, -0.2) is 26.3 Å². The molecule has 0 radical (unpaired) electrons. The van der Waals surface area contributed by atoms with Crippen molar-refractivity contribution in [2.45, 2.75) is 0 Å². The predicted molar refractivity (Wildman–Crippen MR) is 98.6 cm³/mol. The van der Waals surface area contributed by atoms with Crippen molar-refractivity contribution in [2.24, 2.45) is 0 Å². The first-order valence-corrected chi connectivity index (χ1v) is 13.5. The topological polar surface area (TPSA) is 0 Å². The third-order valence-electron chi connectivity index (χ3n) is 3.85. The quantitative estimate of drug-likeness (QED) is 0.421. The first-order chi connectivity index (χ1) is 11.7. The molecule has 0 heterocycles. The Morgan fingerprint density at radius 2 is 0.875 bits per heavy atom. The minimum absolute atomic E-state index is 0.0886. The van der Waals surface area contributed by atoms with Gasteiger partial charge in [0.2, 0.25) is 0 Å². The molecule has 118 valence electrons. The maximum absolute atomic E-state index is 14.2. The summed E-state index contributed by atoms with van der Waals surface area (Å²) in [5, 5.41) is 3.27. The van der Waals surface area contributed by atoms with Crippen molar-refractivity contribution in [3.63, 3.8) is 0 Å². The number of fused-ring (bicyclic) bond motifs is 2. The van der Waals surface area contributed by atoms with E-state index in [0.717, 1.165) is 19.7 Å².